The Kier molecular flexibility index (Phi) is 6.59. The molecular formula is C24H24N4O. The normalized spacial score (nSPS) is 11.1. The standard InChI is InChI=1S/C24H24N4O/c1-18-15-21(19(2)28(18)23-10-13-26-14-11-23)16-22(17-25)24(29)27-12-6-9-20-7-4-3-5-8-20/h3-5,7-8,10-11,13-16H,6,9,12H2,1-2H3,(H,27,29)/b22-16-. The van der Waals surface area contributed by atoms with Gasteiger partial charge >= 0.3 is 0 Å². The van der Waals surface area contributed by atoms with E-state index in [9.17, 15) is 10.1 Å². The molecular weight excluding hydrogens is 360 g/mol. The Morgan fingerprint density at radius 2 is 1.90 bits per heavy atom. The lowest BCUT2D eigenvalue weighted by atomic mass is 10.1. The van der Waals surface area contributed by atoms with E-state index in [0.29, 0.717) is 6.54 Å². The number of aromatic nitrogens is 2. The zero-order valence-corrected chi connectivity index (χ0v) is 16.7. The number of hydrogen-bond donors (Lipinski definition) is 1. The molecule has 0 aliphatic heterocycles. The molecule has 0 aliphatic carbocycles. The Hall–Kier alpha value is -3.65. The van der Waals surface area contributed by atoms with Crippen LogP contribution in [-0.4, -0.2) is 22.0 Å². The van der Waals surface area contributed by atoms with E-state index in [4.69, 9.17) is 0 Å². The Labute approximate surface area is 171 Å². The third kappa shape index (κ3) is 4.99. The predicted molar refractivity (Wildman–Crippen MR) is 114 cm³/mol. The van der Waals surface area contributed by atoms with Gasteiger partial charge in [0.25, 0.3) is 5.91 Å². The minimum Gasteiger partial charge on any atom is -0.351 e. The third-order valence-electron chi connectivity index (χ3n) is 4.83. The van der Waals surface area contributed by atoms with Crippen LogP contribution in [0.5, 0.6) is 0 Å². The number of pyridine rings is 1. The molecule has 2 aromatic heterocycles. The molecule has 0 radical (unpaired) electrons. The van der Waals surface area contributed by atoms with Gasteiger partial charge in [-0.05, 0) is 62.1 Å². The molecule has 5 nitrogen and oxygen atoms in total. The van der Waals surface area contributed by atoms with E-state index < -0.39 is 0 Å². The maximum atomic E-state index is 12.4. The van der Waals surface area contributed by atoms with Gasteiger partial charge < -0.3 is 9.88 Å². The summed E-state index contributed by atoms with van der Waals surface area (Å²) >= 11 is 0. The topological polar surface area (TPSA) is 70.7 Å². The first-order chi connectivity index (χ1) is 14.1. The van der Waals surface area contributed by atoms with E-state index in [0.717, 1.165) is 35.5 Å². The summed E-state index contributed by atoms with van der Waals surface area (Å²) in [6.45, 7) is 4.51. The van der Waals surface area contributed by atoms with E-state index in [-0.39, 0.29) is 11.5 Å². The molecule has 29 heavy (non-hydrogen) atoms. The highest BCUT2D eigenvalue weighted by Gasteiger charge is 2.13. The molecule has 1 amide bonds. The summed E-state index contributed by atoms with van der Waals surface area (Å²) in [5.74, 6) is -0.339. The fraction of sp³-hybridized carbons (Fsp3) is 0.208. The highest BCUT2D eigenvalue weighted by atomic mass is 16.1. The summed E-state index contributed by atoms with van der Waals surface area (Å²) in [4.78, 5) is 16.5. The molecule has 5 heteroatoms. The fourth-order valence-corrected chi connectivity index (χ4v) is 3.36. The van der Waals surface area contributed by atoms with Crippen molar-refractivity contribution in [2.45, 2.75) is 26.7 Å². The van der Waals surface area contributed by atoms with Gasteiger partial charge in [0, 0.05) is 36.0 Å². The second-order valence-corrected chi connectivity index (χ2v) is 6.88. The number of carbonyl (C=O) groups excluding carboxylic acids is 1. The fourth-order valence-electron chi connectivity index (χ4n) is 3.36. The molecule has 1 N–H and O–H groups in total. The van der Waals surface area contributed by atoms with Gasteiger partial charge in [-0.2, -0.15) is 5.26 Å². The van der Waals surface area contributed by atoms with Gasteiger partial charge in [0.15, 0.2) is 0 Å². The number of benzene rings is 1. The van der Waals surface area contributed by atoms with Crippen LogP contribution in [-0.2, 0) is 11.2 Å². The summed E-state index contributed by atoms with van der Waals surface area (Å²) in [5, 5.41) is 12.3. The van der Waals surface area contributed by atoms with Gasteiger partial charge in [-0.15, -0.1) is 0 Å². The number of hydrogen-bond acceptors (Lipinski definition) is 3. The van der Waals surface area contributed by atoms with Gasteiger partial charge in [0.05, 0.1) is 0 Å². The van der Waals surface area contributed by atoms with Crippen molar-refractivity contribution >= 4 is 12.0 Å². The van der Waals surface area contributed by atoms with Crippen molar-refractivity contribution in [1.82, 2.24) is 14.9 Å². The SMILES string of the molecule is Cc1cc(/C=C(/C#N)C(=O)NCCCc2ccccc2)c(C)n1-c1ccncc1. The number of carbonyl (C=O) groups is 1. The van der Waals surface area contributed by atoms with Gasteiger partial charge in [-0.25, -0.2) is 0 Å². The average molecular weight is 384 g/mol. The smallest absolute Gasteiger partial charge is 0.261 e. The van der Waals surface area contributed by atoms with E-state index >= 15 is 0 Å². The number of nitriles is 1. The molecule has 146 valence electrons. The van der Waals surface area contributed by atoms with Crippen molar-refractivity contribution in [2.75, 3.05) is 6.54 Å². The Bertz CT molecular complexity index is 1040. The third-order valence-corrected chi connectivity index (χ3v) is 4.83. The minimum atomic E-state index is -0.339. The quantitative estimate of drug-likeness (QED) is 0.378. The van der Waals surface area contributed by atoms with Crippen LogP contribution < -0.4 is 5.32 Å². The second-order valence-electron chi connectivity index (χ2n) is 6.88. The highest BCUT2D eigenvalue weighted by molar-refractivity contribution is 6.01. The molecule has 2 heterocycles. The molecule has 3 rings (SSSR count). The molecule has 0 bridgehead atoms. The van der Waals surface area contributed by atoms with Crippen molar-refractivity contribution in [1.29, 1.82) is 5.26 Å². The van der Waals surface area contributed by atoms with E-state index in [1.54, 1.807) is 18.5 Å². The average Bonchev–Trinajstić information content (AvgIpc) is 3.03. The molecule has 0 fully saturated rings. The summed E-state index contributed by atoms with van der Waals surface area (Å²) < 4.78 is 2.08. The first kappa shape index (κ1) is 20.1. The van der Waals surface area contributed by atoms with Crippen LogP contribution in [0.1, 0.15) is 28.9 Å². The predicted octanol–water partition coefficient (Wildman–Crippen LogP) is 4.15. The lowest BCUT2D eigenvalue weighted by Crippen LogP contribution is -2.25. The van der Waals surface area contributed by atoms with Crippen LogP contribution in [0.3, 0.4) is 0 Å². The first-order valence-corrected chi connectivity index (χ1v) is 9.63. The van der Waals surface area contributed by atoms with Crippen LogP contribution in [0, 0.1) is 25.2 Å². The summed E-state index contributed by atoms with van der Waals surface area (Å²) in [7, 11) is 0. The monoisotopic (exact) mass is 384 g/mol. The zero-order valence-electron chi connectivity index (χ0n) is 16.7. The Balaban J connectivity index is 1.68. The number of rotatable bonds is 7. The number of nitrogens with zero attached hydrogens (tertiary/aromatic N) is 3. The van der Waals surface area contributed by atoms with E-state index in [1.807, 2.05) is 56.3 Å². The van der Waals surface area contributed by atoms with Gasteiger partial charge in [0.2, 0.25) is 0 Å². The maximum Gasteiger partial charge on any atom is 0.261 e. The summed E-state index contributed by atoms with van der Waals surface area (Å²) in [6.07, 6.45) is 6.86. The van der Waals surface area contributed by atoms with E-state index in [2.05, 4.69) is 27.0 Å². The van der Waals surface area contributed by atoms with Crippen LogP contribution in [0.15, 0.2) is 66.5 Å². The van der Waals surface area contributed by atoms with Gasteiger partial charge in [-0.1, -0.05) is 30.3 Å². The largest absolute Gasteiger partial charge is 0.351 e. The van der Waals surface area contributed by atoms with E-state index in [1.165, 1.54) is 5.56 Å². The van der Waals surface area contributed by atoms with Crippen LogP contribution in [0.2, 0.25) is 0 Å². The van der Waals surface area contributed by atoms with Gasteiger partial charge in [-0.3, -0.25) is 9.78 Å². The molecule has 3 aromatic rings. The molecule has 0 saturated heterocycles. The van der Waals surface area contributed by atoms with Gasteiger partial charge in [0.1, 0.15) is 11.6 Å². The van der Waals surface area contributed by atoms with Crippen molar-refractivity contribution < 1.29 is 4.79 Å². The summed E-state index contributed by atoms with van der Waals surface area (Å²) in [5.41, 5.74) is 5.20. The first-order valence-electron chi connectivity index (χ1n) is 9.63. The second kappa shape index (κ2) is 9.52. The van der Waals surface area contributed by atoms with Crippen molar-refractivity contribution in [3.63, 3.8) is 0 Å². The molecule has 0 saturated carbocycles. The van der Waals surface area contributed by atoms with Crippen LogP contribution in [0.25, 0.3) is 11.8 Å². The van der Waals surface area contributed by atoms with Crippen molar-refractivity contribution in [2.24, 2.45) is 0 Å². The highest BCUT2D eigenvalue weighted by Crippen LogP contribution is 2.22. The van der Waals surface area contributed by atoms with Crippen molar-refractivity contribution in [3.8, 4) is 11.8 Å². The van der Waals surface area contributed by atoms with Crippen LogP contribution in [0.4, 0.5) is 0 Å². The van der Waals surface area contributed by atoms with Crippen molar-refractivity contribution in [3.05, 3.63) is 89.0 Å². The van der Waals surface area contributed by atoms with Crippen LogP contribution >= 0.6 is 0 Å². The molecule has 0 aliphatic rings. The molecule has 0 atom stereocenters. The molecule has 1 aromatic carbocycles. The lowest BCUT2D eigenvalue weighted by molar-refractivity contribution is -0.117. The number of amides is 1. The number of nitrogens with one attached hydrogen (secondary N) is 1. The summed E-state index contributed by atoms with van der Waals surface area (Å²) in [6, 6.07) is 18.0. The Morgan fingerprint density at radius 3 is 2.59 bits per heavy atom. The zero-order chi connectivity index (χ0) is 20.6. The molecule has 0 spiro atoms. The number of aryl methyl sites for hydroxylation is 2. The molecule has 0 unspecified atom stereocenters. The minimum absolute atomic E-state index is 0.111. The Morgan fingerprint density at radius 1 is 1.17 bits per heavy atom. The maximum absolute atomic E-state index is 12.4. The lowest BCUT2D eigenvalue weighted by Gasteiger charge is -2.09.